The van der Waals surface area contributed by atoms with Gasteiger partial charge in [-0.05, 0) is 38.2 Å². The molecule has 1 aliphatic rings. The van der Waals surface area contributed by atoms with Gasteiger partial charge in [-0.1, -0.05) is 11.2 Å². The Morgan fingerprint density at radius 2 is 2.14 bits per heavy atom. The molecule has 1 unspecified atom stereocenters. The number of aromatic nitrogens is 6. The molecule has 1 aliphatic heterocycles. The molecule has 1 atom stereocenters. The molecular formula is C24H27N9O2S. The standard InChI is InChI=1S/C24H27N9O2S/c1-15-12-22(31-30-15)28-21-14-18(23(34)26-9-11-36-2)27-24(29-21)33-10-5-7-19(33)20-13-17(32-35-20)16-6-3-4-8-25-16/h3-4,6,8,12-14,19H,5,7,9-11H2,1-2H3,(H,26,34)(H2,27,28,29,30,31). The van der Waals surface area contributed by atoms with Gasteiger partial charge in [0.25, 0.3) is 5.91 Å². The Balaban J connectivity index is 1.44. The second-order valence-electron chi connectivity index (χ2n) is 8.43. The van der Waals surface area contributed by atoms with E-state index in [2.05, 4.69) is 40.9 Å². The minimum absolute atomic E-state index is 0.106. The highest BCUT2D eigenvalue weighted by Crippen LogP contribution is 2.36. The summed E-state index contributed by atoms with van der Waals surface area (Å²) in [5.41, 5.74) is 2.62. The topological polar surface area (TPSA) is 138 Å². The Morgan fingerprint density at radius 3 is 2.92 bits per heavy atom. The van der Waals surface area contributed by atoms with E-state index in [1.165, 1.54) is 0 Å². The van der Waals surface area contributed by atoms with Crippen LogP contribution in [-0.4, -0.2) is 61.3 Å². The van der Waals surface area contributed by atoms with Gasteiger partial charge in [-0.15, -0.1) is 0 Å². The van der Waals surface area contributed by atoms with Crippen LogP contribution in [-0.2, 0) is 0 Å². The fourth-order valence-electron chi connectivity index (χ4n) is 4.10. The fourth-order valence-corrected chi connectivity index (χ4v) is 4.40. The van der Waals surface area contributed by atoms with Crippen LogP contribution in [0.3, 0.4) is 0 Å². The number of anilines is 3. The summed E-state index contributed by atoms with van der Waals surface area (Å²) in [7, 11) is 0. The first-order valence-corrected chi connectivity index (χ1v) is 13.1. The van der Waals surface area contributed by atoms with Crippen molar-refractivity contribution in [3.8, 4) is 11.4 Å². The van der Waals surface area contributed by atoms with Crippen LogP contribution >= 0.6 is 11.8 Å². The van der Waals surface area contributed by atoms with Gasteiger partial charge < -0.3 is 20.1 Å². The molecule has 186 valence electrons. The third kappa shape index (κ3) is 5.33. The summed E-state index contributed by atoms with van der Waals surface area (Å²) in [6, 6.07) is 11.0. The molecule has 1 amide bonds. The molecule has 11 nitrogen and oxygen atoms in total. The summed E-state index contributed by atoms with van der Waals surface area (Å²) >= 11 is 1.67. The van der Waals surface area contributed by atoms with E-state index >= 15 is 0 Å². The summed E-state index contributed by atoms with van der Waals surface area (Å²) in [5.74, 6) is 2.82. The minimum Gasteiger partial charge on any atom is -0.358 e. The van der Waals surface area contributed by atoms with Crippen LogP contribution in [0.15, 0.2) is 47.1 Å². The molecule has 12 heteroatoms. The number of carbonyl (C=O) groups excluding carboxylic acids is 1. The Kier molecular flexibility index (Phi) is 7.12. The van der Waals surface area contributed by atoms with Gasteiger partial charge in [0.05, 0.1) is 11.7 Å². The van der Waals surface area contributed by atoms with Crippen LogP contribution in [0.4, 0.5) is 17.6 Å². The maximum Gasteiger partial charge on any atom is 0.270 e. The molecule has 4 aromatic heterocycles. The van der Waals surface area contributed by atoms with Crippen LogP contribution in [0.5, 0.6) is 0 Å². The zero-order valence-electron chi connectivity index (χ0n) is 20.1. The molecule has 0 saturated carbocycles. The summed E-state index contributed by atoms with van der Waals surface area (Å²) in [5, 5.41) is 17.5. The van der Waals surface area contributed by atoms with Crippen molar-refractivity contribution in [1.29, 1.82) is 0 Å². The molecule has 5 rings (SSSR count). The number of amides is 1. The Bertz CT molecular complexity index is 1320. The van der Waals surface area contributed by atoms with E-state index in [9.17, 15) is 4.79 Å². The fraction of sp³-hybridized carbons (Fsp3) is 0.333. The molecule has 0 bridgehead atoms. The van der Waals surface area contributed by atoms with Gasteiger partial charge >= 0.3 is 0 Å². The number of carbonyl (C=O) groups is 1. The van der Waals surface area contributed by atoms with Crippen molar-refractivity contribution >= 4 is 35.3 Å². The number of nitrogens with zero attached hydrogens (tertiary/aromatic N) is 6. The highest BCUT2D eigenvalue weighted by atomic mass is 32.2. The van der Waals surface area contributed by atoms with Crippen LogP contribution in [0.2, 0.25) is 0 Å². The first-order valence-electron chi connectivity index (χ1n) is 11.7. The predicted octanol–water partition coefficient (Wildman–Crippen LogP) is 3.74. The number of thioether (sulfide) groups is 1. The normalized spacial score (nSPS) is 15.3. The summed E-state index contributed by atoms with van der Waals surface area (Å²) in [6.07, 6.45) is 5.51. The van der Waals surface area contributed by atoms with Crippen molar-refractivity contribution in [2.24, 2.45) is 0 Å². The molecule has 1 saturated heterocycles. The highest BCUT2D eigenvalue weighted by Gasteiger charge is 2.32. The van der Waals surface area contributed by atoms with Crippen molar-refractivity contribution in [2.75, 3.05) is 35.3 Å². The number of aromatic amines is 1. The molecule has 3 N–H and O–H groups in total. The van der Waals surface area contributed by atoms with Crippen molar-refractivity contribution in [1.82, 2.24) is 35.6 Å². The van der Waals surface area contributed by atoms with Crippen LogP contribution < -0.4 is 15.5 Å². The van der Waals surface area contributed by atoms with Gasteiger partial charge in [0.15, 0.2) is 11.6 Å². The highest BCUT2D eigenvalue weighted by molar-refractivity contribution is 7.98. The lowest BCUT2D eigenvalue weighted by molar-refractivity contribution is 0.0951. The quantitative estimate of drug-likeness (QED) is 0.288. The average Bonchev–Trinajstić information content (AvgIpc) is 3.65. The lowest BCUT2D eigenvalue weighted by Gasteiger charge is -2.23. The molecule has 1 fully saturated rings. The van der Waals surface area contributed by atoms with E-state index in [4.69, 9.17) is 9.51 Å². The maximum absolute atomic E-state index is 12.9. The lowest BCUT2D eigenvalue weighted by Crippen LogP contribution is -2.29. The molecule has 36 heavy (non-hydrogen) atoms. The zero-order chi connectivity index (χ0) is 24.9. The van der Waals surface area contributed by atoms with Gasteiger partial charge in [0.2, 0.25) is 5.95 Å². The van der Waals surface area contributed by atoms with Gasteiger partial charge in [-0.25, -0.2) is 4.98 Å². The maximum atomic E-state index is 12.9. The molecule has 0 aromatic carbocycles. The van der Waals surface area contributed by atoms with Gasteiger partial charge in [-0.2, -0.15) is 21.8 Å². The first-order chi connectivity index (χ1) is 17.6. The molecule has 0 spiro atoms. The molecule has 0 aliphatic carbocycles. The van der Waals surface area contributed by atoms with Gasteiger partial charge in [-0.3, -0.25) is 14.9 Å². The van der Waals surface area contributed by atoms with E-state index in [0.717, 1.165) is 36.5 Å². The molecule has 5 heterocycles. The number of H-pyrrole nitrogens is 1. The zero-order valence-corrected chi connectivity index (χ0v) is 20.9. The SMILES string of the molecule is CSCCNC(=O)c1cc(Nc2cc(C)[nH]n2)nc(N2CCCC2c2cc(-c3ccccn3)no2)n1. The van der Waals surface area contributed by atoms with Crippen molar-refractivity contribution in [3.63, 3.8) is 0 Å². The summed E-state index contributed by atoms with van der Waals surface area (Å²) in [4.78, 5) is 28.7. The monoisotopic (exact) mass is 505 g/mol. The Labute approximate surface area is 212 Å². The number of pyridine rings is 1. The average molecular weight is 506 g/mol. The smallest absolute Gasteiger partial charge is 0.270 e. The largest absolute Gasteiger partial charge is 0.358 e. The molecule has 0 radical (unpaired) electrons. The third-order valence-electron chi connectivity index (χ3n) is 5.79. The summed E-state index contributed by atoms with van der Waals surface area (Å²) in [6.45, 7) is 3.20. The van der Waals surface area contributed by atoms with Gasteiger partial charge in [0.1, 0.15) is 17.2 Å². The van der Waals surface area contributed by atoms with E-state index in [0.29, 0.717) is 35.6 Å². The number of rotatable bonds is 9. The predicted molar refractivity (Wildman–Crippen MR) is 138 cm³/mol. The van der Waals surface area contributed by atoms with E-state index in [-0.39, 0.29) is 17.6 Å². The molecule has 4 aromatic rings. The number of aryl methyl sites for hydroxylation is 1. The first kappa shape index (κ1) is 23.8. The minimum atomic E-state index is -0.248. The number of hydrogen-bond acceptors (Lipinski definition) is 10. The molecular weight excluding hydrogens is 478 g/mol. The van der Waals surface area contributed by atoms with Crippen LogP contribution in [0.1, 0.15) is 40.8 Å². The van der Waals surface area contributed by atoms with Crippen molar-refractivity contribution in [3.05, 3.63) is 59.7 Å². The van der Waals surface area contributed by atoms with E-state index in [1.807, 2.05) is 43.5 Å². The lowest BCUT2D eigenvalue weighted by atomic mass is 10.1. The van der Waals surface area contributed by atoms with Crippen LogP contribution in [0, 0.1) is 6.92 Å². The second kappa shape index (κ2) is 10.8. The number of nitrogens with one attached hydrogen (secondary N) is 3. The Hall–Kier alpha value is -3.93. The van der Waals surface area contributed by atoms with E-state index in [1.54, 1.807) is 24.0 Å². The van der Waals surface area contributed by atoms with E-state index < -0.39 is 0 Å². The second-order valence-corrected chi connectivity index (χ2v) is 9.41. The number of hydrogen-bond donors (Lipinski definition) is 3. The van der Waals surface area contributed by atoms with Crippen LogP contribution in [0.25, 0.3) is 11.4 Å². The van der Waals surface area contributed by atoms with Crippen molar-refractivity contribution < 1.29 is 9.32 Å². The van der Waals surface area contributed by atoms with Gasteiger partial charge in [0, 0.05) is 48.9 Å². The summed E-state index contributed by atoms with van der Waals surface area (Å²) < 4.78 is 5.73. The Morgan fingerprint density at radius 1 is 1.22 bits per heavy atom. The third-order valence-corrected chi connectivity index (χ3v) is 6.41. The van der Waals surface area contributed by atoms with Crippen molar-refractivity contribution in [2.45, 2.75) is 25.8 Å².